The van der Waals surface area contributed by atoms with Crippen molar-refractivity contribution < 1.29 is 8.42 Å². The second-order valence-corrected chi connectivity index (χ2v) is 7.79. The number of aromatic nitrogens is 3. The molecule has 2 aromatic heterocycles. The van der Waals surface area contributed by atoms with E-state index in [1.165, 1.54) is 21.4 Å². The molecule has 1 aromatic carbocycles. The summed E-state index contributed by atoms with van der Waals surface area (Å²) in [6.07, 6.45) is 6.02. The van der Waals surface area contributed by atoms with Crippen molar-refractivity contribution in [1.29, 1.82) is 0 Å². The van der Waals surface area contributed by atoms with Crippen LogP contribution in [0.15, 0.2) is 58.6 Å². The van der Waals surface area contributed by atoms with Gasteiger partial charge in [0.25, 0.3) is 5.56 Å². The highest BCUT2D eigenvalue weighted by Crippen LogP contribution is 2.27. The average molecular weight is 364 g/mol. The molecule has 0 fully saturated rings. The van der Waals surface area contributed by atoms with E-state index >= 15 is 0 Å². The smallest absolute Gasteiger partial charge is 0.251 e. The van der Waals surface area contributed by atoms with Crippen molar-refractivity contribution in [2.24, 2.45) is 7.05 Å². The van der Waals surface area contributed by atoms with E-state index in [-0.39, 0.29) is 10.5 Å². The molecule has 0 radical (unpaired) electrons. The summed E-state index contributed by atoms with van der Waals surface area (Å²) >= 11 is 6.15. The summed E-state index contributed by atoms with van der Waals surface area (Å²) < 4.78 is 26.8. The van der Waals surface area contributed by atoms with Crippen molar-refractivity contribution in [3.63, 3.8) is 0 Å². The highest BCUT2D eigenvalue weighted by Gasteiger charge is 2.16. The maximum atomic E-state index is 11.9. The van der Waals surface area contributed by atoms with Crippen LogP contribution in [-0.2, 0) is 16.9 Å². The third kappa shape index (κ3) is 3.00. The first-order valence-corrected chi connectivity index (χ1v) is 9.25. The van der Waals surface area contributed by atoms with E-state index < -0.39 is 9.84 Å². The Morgan fingerprint density at radius 2 is 1.88 bits per heavy atom. The molecule has 0 aliphatic heterocycles. The zero-order chi connectivity index (χ0) is 17.5. The number of sulfone groups is 1. The topological polar surface area (TPSA) is 74.0 Å². The van der Waals surface area contributed by atoms with E-state index in [2.05, 4.69) is 5.10 Å². The Balaban J connectivity index is 2.14. The Bertz CT molecular complexity index is 1080. The second-order valence-electron chi connectivity index (χ2n) is 5.40. The van der Waals surface area contributed by atoms with Gasteiger partial charge in [0.05, 0.1) is 21.8 Å². The number of hydrogen-bond donors (Lipinski definition) is 0. The van der Waals surface area contributed by atoms with Gasteiger partial charge >= 0.3 is 0 Å². The molecule has 3 rings (SSSR count). The van der Waals surface area contributed by atoms with Gasteiger partial charge in [-0.1, -0.05) is 23.7 Å². The molecule has 2 heterocycles. The molecule has 3 aromatic rings. The molecular formula is C16H14ClN3O3S. The number of halogens is 1. The first-order valence-electron chi connectivity index (χ1n) is 6.98. The summed E-state index contributed by atoms with van der Waals surface area (Å²) in [5.74, 6) is 0. The van der Waals surface area contributed by atoms with Crippen LogP contribution in [0.25, 0.3) is 16.8 Å². The van der Waals surface area contributed by atoms with E-state index in [1.807, 2.05) is 0 Å². The highest BCUT2D eigenvalue weighted by atomic mass is 35.5. The molecule has 0 aliphatic carbocycles. The van der Waals surface area contributed by atoms with Gasteiger partial charge in [-0.2, -0.15) is 5.10 Å². The number of benzene rings is 1. The van der Waals surface area contributed by atoms with Crippen molar-refractivity contribution in [3.05, 3.63) is 64.3 Å². The Morgan fingerprint density at radius 1 is 1.17 bits per heavy atom. The summed E-state index contributed by atoms with van der Waals surface area (Å²) in [5, 5.41) is 4.55. The van der Waals surface area contributed by atoms with Crippen LogP contribution in [-0.4, -0.2) is 29.0 Å². The fraction of sp³-hybridized carbons (Fsp3) is 0.125. The normalized spacial score (nSPS) is 11.6. The SMILES string of the molecule is Cn1cc(-c2cnn(-c3ccccc3S(C)(=O)=O)c2)c(Cl)cc1=O. The molecule has 0 saturated carbocycles. The van der Waals surface area contributed by atoms with Gasteiger partial charge in [0.2, 0.25) is 0 Å². The first kappa shape index (κ1) is 16.5. The van der Waals surface area contributed by atoms with Crippen LogP contribution in [0.5, 0.6) is 0 Å². The largest absolute Gasteiger partial charge is 0.318 e. The van der Waals surface area contributed by atoms with Gasteiger partial charge in [0.15, 0.2) is 9.84 Å². The quantitative estimate of drug-likeness (QED) is 0.715. The van der Waals surface area contributed by atoms with Crippen molar-refractivity contribution in [2.45, 2.75) is 4.90 Å². The molecule has 0 amide bonds. The van der Waals surface area contributed by atoms with Gasteiger partial charge < -0.3 is 4.57 Å². The molecule has 6 nitrogen and oxygen atoms in total. The Kier molecular flexibility index (Phi) is 4.06. The van der Waals surface area contributed by atoms with Crippen LogP contribution >= 0.6 is 11.6 Å². The molecule has 8 heteroatoms. The van der Waals surface area contributed by atoms with Crippen LogP contribution in [0.4, 0.5) is 0 Å². The van der Waals surface area contributed by atoms with Crippen LogP contribution in [0.2, 0.25) is 5.02 Å². The van der Waals surface area contributed by atoms with E-state index in [4.69, 9.17) is 11.6 Å². The highest BCUT2D eigenvalue weighted by molar-refractivity contribution is 7.90. The van der Waals surface area contributed by atoms with Crippen molar-refractivity contribution in [2.75, 3.05) is 6.26 Å². The zero-order valence-corrected chi connectivity index (χ0v) is 14.5. The lowest BCUT2D eigenvalue weighted by Crippen LogP contribution is -2.14. The van der Waals surface area contributed by atoms with Gasteiger partial charge in [-0.15, -0.1) is 0 Å². The van der Waals surface area contributed by atoms with Gasteiger partial charge in [0.1, 0.15) is 0 Å². The Hall–Kier alpha value is -2.38. The molecule has 0 bridgehead atoms. The lowest BCUT2D eigenvalue weighted by atomic mass is 10.1. The van der Waals surface area contributed by atoms with Crippen molar-refractivity contribution in [1.82, 2.24) is 14.3 Å². The number of rotatable bonds is 3. The molecule has 124 valence electrons. The fourth-order valence-corrected chi connectivity index (χ4v) is 3.49. The van der Waals surface area contributed by atoms with Gasteiger partial charge in [-0.3, -0.25) is 4.79 Å². The molecule has 0 N–H and O–H groups in total. The van der Waals surface area contributed by atoms with Crippen LogP contribution in [0.3, 0.4) is 0 Å². The molecule has 0 spiro atoms. The first-order chi connectivity index (χ1) is 11.3. The number of para-hydroxylation sites is 1. The standard InChI is InChI=1S/C16H14ClN3O3S/c1-19-10-12(13(17)7-16(19)21)11-8-18-20(9-11)14-5-3-4-6-15(14)24(2,22)23/h3-10H,1-2H3. The van der Waals surface area contributed by atoms with E-state index in [1.54, 1.807) is 43.8 Å². The zero-order valence-electron chi connectivity index (χ0n) is 13.0. The predicted octanol–water partition coefficient (Wildman–Crippen LogP) is 2.29. The molecule has 0 atom stereocenters. The molecule has 0 unspecified atom stereocenters. The minimum atomic E-state index is -3.39. The number of aryl methyl sites for hydroxylation is 1. The maximum Gasteiger partial charge on any atom is 0.251 e. The minimum Gasteiger partial charge on any atom is -0.318 e. The van der Waals surface area contributed by atoms with E-state index in [0.717, 1.165) is 6.26 Å². The predicted molar refractivity (Wildman–Crippen MR) is 92.4 cm³/mol. The summed E-state index contributed by atoms with van der Waals surface area (Å²) in [7, 11) is -1.76. The van der Waals surface area contributed by atoms with Gasteiger partial charge in [0, 0.05) is 42.9 Å². The molecule has 0 aliphatic rings. The van der Waals surface area contributed by atoms with Gasteiger partial charge in [-0.25, -0.2) is 13.1 Å². The third-order valence-corrected chi connectivity index (χ3v) is 5.04. The van der Waals surface area contributed by atoms with Crippen LogP contribution in [0, 0.1) is 0 Å². The second kappa shape index (κ2) is 5.92. The molecular weight excluding hydrogens is 350 g/mol. The monoisotopic (exact) mass is 363 g/mol. The lowest BCUT2D eigenvalue weighted by molar-refractivity contribution is 0.600. The molecule has 0 saturated heterocycles. The van der Waals surface area contributed by atoms with Crippen molar-refractivity contribution >= 4 is 21.4 Å². The Labute approximate surface area is 143 Å². The van der Waals surface area contributed by atoms with E-state index in [0.29, 0.717) is 21.8 Å². The number of hydrogen-bond acceptors (Lipinski definition) is 4. The summed E-state index contributed by atoms with van der Waals surface area (Å²) in [6.45, 7) is 0. The summed E-state index contributed by atoms with van der Waals surface area (Å²) in [6, 6.07) is 7.94. The van der Waals surface area contributed by atoms with Crippen molar-refractivity contribution in [3.8, 4) is 16.8 Å². The number of nitrogens with zero attached hydrogens (tertiary/aromatic N) is 3. The van der Waals surface area contributed by atoms with Gasteiger partial charge in [-0.05, 0) is 12.1 Å². The lowest BCUT2D eigenvalue weighted by Gasteiger charge is -2.07. The Morgan fingerprint density at radius 3 is 2.58 bits per heavy atom. The average Bonchev–Trinajstić information content (AvgIpc) is 2.99. The summed E-state index contributed by atoms with van der Waals surface area (Å²) in [5.41, 5.74) is 1.56. The summed E-state index contributed by atoms with van der Waals surface area (Å²) in [4.78, 5) is 11.8. The van der Waals surface area contributed by atoms with E-state index in [9.17, 15) is 13.2 Å². The molecule has 24 heavy (non-hydrogen) atoms. The number of pyridine rings is 1. The van der Waals surface area contributed by atoms with Crippen LogP contribution in [0.1, 0.15) is 0 Å². The fourth-order valence-electron chi connectivity index (χ4n) is 2.37. The third-order valence-electron chi connectivity index (χ3n) is 3.58. The minimum absolute atomic E-state index is 0.186. The van der Waals surface area contributed by atoms with Crippen LogP contribution < -0.4 is 5.56 Å². The maximum absolute atomic E-state index is 11.9.